The fourth-order valence-electron chi connectivity index (χ4n) is 0.912. The number of alkyl halides is 3. The lowest BCUT2D eigenvalue weighted by atomic mass is 10.3. The lowest BCUT2D eigenvalue weighted by Crippen LogP contribution is -2.34. The van der Waals surface area contributed by atoms with Crippen LogP contribution in [-0.4, -0.2) is 41.8 Å². The van der Waals surface area contributed by atoms with Crippen molar-refractivity contribution in [3.8, 4) is 0 Å². The highest BCUT2D eigenvalue weighted by molar-refractivity contribution is 5.85. The zero-order chi connectivity index (χ0) is 12.1. The van der Waals surface area contributed by atoms with Crippen molar-refractivity contribution in [1.82, 2.24) is 4.90 Å². The normalized spacial score (nSPS) is 13.3. The summed E-state index contributed by atoms with van der Waals surface area (Å²) in [6.07, 6.45) is -2.97. The highest BCUT2D eigenvalue weighted by atomic mass is 19.4. The topological polar surface area (TPSA) is 40.5 Å². The third-order valence-corrected chi connectivity index (χ3v) is 1.84. The van der Waals surface area contributed by atoms with Gasteiger partial charge in [0.1, 0.15) is 0 Å². The van der Waals surface area contributed by atoms with Crippen molar-refractivity contribution in [2.75, 3.05) is 19.6 Å². The number of carbonyl (C=O) groups is 1. The Morgan fingerprint density at radius 1 is 1.47 bits per heavy atom. The molecule has 15 heavy (non-hydrogen) atoms. The molecule has 0 rings (SSSR count). The highest BCUT2D eigenvalue weighted by Gasteiger charge is 2.29. The van der Waals surface area contributed by atoms with E-state index < -0.39 is 18.7 Å². The Bertz CT molecular complexity index is 248. The van der Waals surface area contributed by atoms with Gasteiger partial charge in [-0.05, 0) is 13.5 Å². The molecule has 0 aliphatic heterocycles. The molecule has 0 radical (unpaired) electrons. The zero-order valence-electron chi connectivity index (χ0n) is 8.64. The van der Waals surface area contributed by atoms with Crippen LogP contribution in [0.3, 0.4) is 0 Å². The Morgan fingerprint density at radius 3 is 2.33 bits per heavy atom. The summed E-state index contributed by atoms with van der Waals surface area (Å²) < 4.78 is 36.0. The molecule has 0 aliphatic carbocycles. The molecule has 0 bridgehead atoms. The molecular weight excluding hydrogens is 211 g/mol. The number of halogens is 3. The summed E-state index contributed by atoms with van der Waals surface area (Å²) >= 11 is 0. The van der Waals surface area contributed by atoms with Crippen LogP contribution in [0.15, 0.2) is 11.6 Å². The molecule has 0 saturated carbocycles. The molecule has 0 fully saturated rings. The van der Waals surface area contributed by atoms with E-state index in [1.165, 1.54) is 13.0 Å². The molecule has 0 amide bonds. The van der Waals surface area contributed by atoms with E-state index in [4.69, 9.17) is 5.11 Å². The first-order valence-corrected chi connectivity index (χ1v) is 4.45. The van der Waals surface area contributed by atoms with E-state index in [1.807, 2.05) is 0 Å². The first kappa shape index (κ1) is 14.0. The summed E-state index contributed by atoms with van der Waals surface area (Å²) in [4.78, 5) is 11.5. The number of rotatable bonds is 5. The molecule has 0 aromatic carbocycles. The van der Waals surface area contributed by atoms with Crippen LogP contribution < -0.4 is 0 Å². The van der Waals surface area contributed by atoms with Gasteiger partial charge in [0.25, 0.3) is 0 Å². The summed E-state index contributed by atoms with van der Waals surface area (Å²) in [7, 11) is 0. The molecular formula is C9H14F3NO2. The van der Waals surface area contributed by atoms with Crippen molar-refractivity contribution in [3.05, 3.63) is 11.6 Å². The predicted octanol–water partition coefficient (Wildman–Crippen LogP) is 1.90. The Labute approximate surface area is 86.2 Å². The van der Waals surface area contributed by atoms with Crippen LogP contribution in [0.25, 0.3) is 0 Å². The molecule has 0 saturated heterocycles. The van der Waals surface area contributed by atoms with Gasteiger partial charge in [-0.3, -0.25) is 4.90 Å². The second kappa shape index (κ2) is 5.75. The van der Waals surface area contributed by atoms with Gasteiger partial charge in [-0.1, -0.05) is 13.0 Å². The Balaban J connectivity index is 4.23. The molecule has 1 N–H and O–H groups in total. The van der Waals surface area contributed by atoms with Crippen molar-refractivity contribution < 1.29 is 23.1 Å². The van der Waals surface area contributed by atoms with E-state index in [9.17, 15) is 18.0 Å². The molecule has 6 heteroatoms. The van der Waals surface area contributed by atoms with E-state index >= 15 is 0 Å². The maximum atomic E-state index is 12.0. The third kappa shape index (κ3) is 6.96. The van der Waals surface area contributed by atoms with Crippen LogP contribution in [0.1, 0.15) is 13.8 Å². The van der Waals surface area contributed by atoms with Crippen molar-refractivity contribution in [2.45, 2.75) is 20.0 Å². The maximum Gasteiger partial charge on any atom is 0.401 e. The minimum Gasteiger partial charge on any atom is -0.478 e. The van der Waals surface area contributed by atoms with Gasteiger partial charge in [0.2, 0.25) is 0 Å². The Morgan fingerprint density at radius 2 is 2.00 bits per heavy atom. The number of nitrogens with zero attached hydrogens (tertiary/aromatic N) is 1. The molecule has 0 heterocycles. The second-order valence-corrected chi connectivity index (χ2v) is 3.14. The molecule has 0 aromatic heterocycles. The van der Waals surface area contributed by atoms with Crippen molar-refractivity contribution in [2.24, 2.45) is 0 Å². The number of carboxylic acids is 1. The highest BCUT2D eigenvalue weighted by Crippen LogP contribution is 2.16. The molecule has 88 valence electrons. The molecule has 0 aliphatic rings. The minimum absolute atomic E-state index is 0.00581. The third-order valence-electron chi connectivity index (χ3n) is 1.84. The summed E-state index contributed by atoms with van der Waals surface area (Å²) in [5.41, 5.74) is 0.0515. The van der Waals surface area contributed by atoms with Gasteiger partial charge in [0.05, 0.1) is 6.54 Å². The van der Waals surface area contributed by atoms with E-state index in [0.29, 0.717) is 0 Å². The number of hydrogen-bond acceptors (Lipinski definition) is 2. The van der Waals surface area contributed by atoms with Gasteiger partial charge >= 0.3 is 12.1 Å². The van der Waals surface area contributed by atoms with Crippen molar-refractivity contribution >= 4 is 5.97 Å². The predicted molar refractivity (Wildman–Crippen MR) is 49.6 cm³/mol. The van der Waals surface area contributed by atoms with E-state index in [-0.39, 0.29) is 18.7 Å². The summed E-state index contributed by atoms with van der Waals surface area (Å²) in [6.45, 7) is 2.14. The monoisotopic (exact) mass is 225 g/mol. The Kier molecular flexibility index (Phi) is 5.35. The fourth-order valence-corrected chi connectivity index (χ4v) is 0.912. The fraction of sp³-hybridized carbons (Fsp3) is 0.667. The van der Waals surface area contributed by atoms with Gasteiger partial charge in [0.15, 0.2) is 0 Å². The van der Waals surface area contributed by atoms with Gasteiger partial charge in [-0.2, -0.15) is 13.2 Å². The largest absolute Gasteiger partial charge is 0.478 e. The zero-order valence-corrected chi connectivity index (χ0v) is 8.64. The average molecular weight is 225 g/mol. The molecule has 0 atom stereocenters. The van der Waals surface area contributed by atoms with Gasteiger partial charge in [-0.15, -0.1) is 0 Å². The van der Waals surface area contributed by atoms with E-state index in [1.54, 1.807) is 6.92 Å². The van der Waals surface area contributed by atoms with Crippen LogP contribution in [0, 0.1) is 0 Å². The lowest BCUT2D eigenvalue weighted by molar-refractivity contribution is -0.144. The van der Waals surface area contributed by atoms with Crippen molar-refractivity contribution in [1.29, 1.82) is 0 Å². The van der Waals surface area contributed by atoms with Gasteiger partial charge in [-0.25, -0.2) is 4.79 Å². The number of hydrogen-bond donors (Lipinski definition) is 1. The van der Waals surface area contributed by atoms with Gasteiger partial charge in [0, 0.05) is 12.1 Å². The first-order chi connectivity index (χ1) is 6.76. The van der Waals surface area contributed by atoms with E-state index in [0.717, 1.165) is 4.90 Å². The summed E-state index contributed by atoms with van der Waals surface area (Å²) in [5, 5.41) is 8.49. The van der Waals surface area contributed by atoms with Crippen molar-refractivity contribution in [3.63, 3.8) is 0 Å². The quantitative estimate of drug-likeness (QED) is 0.726. The minimum atomic E-state index is -4.25. The van der Waals surface area contributed by atoms with Crippen LogP contribution >= 0.6 is 0 Å². The van der Waals surface area contributed by atoms with E-state index in [2.05, 4.69) is 0 Å². The van der Waals surface area contributed by atoms with Gasteiger partial charge < -0.3 is 5.11 Å². The van der Waals surface area contributed by atoms with Crippen LogP contribution in [0.2, 0.25) is 0 Å². The smallest absolute Gasteiger partial charge is 0.401 e. The standard InChI is InChI=1S/C9H14F3NO2/c1-3-13(6-9(10,11)12)5-4-7(2)8(14)15/h4H,3,5-6H2,1-2H3,(H,14,15). The first-order valence-electron chi connectivity index (χ1n) is 4.45. The average Bonchev–Trinajstić information content (AvgIpc) is 2.09. The number of aliphatic carboxylic acids is 1. The maximum absolute atomic E-state index is 12.0. The number of carboxylic acid groups (broad SMARTS) is 1. The molecule has 0 unspecified atom stereocenters. The van der Waals surface area contributed by atoms with Crippen LogP contribution in [-0.2, 0) is 4.79 Å². The summed E-state index contributed by atoms with van der Waals surface area (Å²) in [6, 6.07) is 0. The molecule has 3 nitrogen and oxygen atoms in total. The lowest BCUT2D eigenvalue weighted by Gasteiger charge is -2.20. The van der Waals surface area contributed by atoms with Crippen LogP contribution in [0.4, 0.5) is 13.2 Å². The molecule has 0 aromatic rings. The molecule has 0 spiro atoms. The van der Waals surface area contributed by atoms with Crippen LogP contribution in [0.5, 0.6) is 0 Å². The second-order valence-electron chi connectivity index (χ2n) is 3.14. The summed E-state index contributed by atoms with van der Waals surface area (Å²) in [5.74, 6) is -1.11. The number of likely N-dealkylation sites (N-methyl/N-ethyl adjacent to an activating group) is 1. The Hall–Kier alpha value is -1.04. The SMILES string of the molecule is CCN(CC=C(C)C(=O)O)CC(F)(F)F.